The van der Waals surface area contributed by atoms with Crippen LogP contribution in [0.4, 0.5) is 0 Å². The standard InChI is InChI=1S/C69H88N8O14S/c1-43-63(92-42-71-43)47-25-21-45(22-26-47)37-70-65(80)54-36-51(78)39-77(54)67(82)64(69(2,3)4)72-60(79)41-89-31-30-75-38-50(73-74-75)40-90-52-19-15-18-48(33-52)55(27-23-44-24-28-56(84-5)57(32-44)85-6)91-68(83)53-20-13-14-29-76(53)66(81)61(46-16-11-10-12-17-46)49-34-58(86-7)62(88-9)59(35-49)87-8/h15,18-19,21-22,24-26,28,32-35,38,42,46,51,53-55,61,64,78H,10-14,16-17,20,23,27,29-31,36-37,39-41H2,1-9H3,(H,70,80)(H,72,79)/t51-,53?,54+,55?,61?,64?/m1/s1. The summed E-state index contributed by atoms with van der Waals surface area (Å²) in [7, 11) is 7.85. The van der Waals surface area contributed by atoms with Gasteiger partial charge in [-0.2, -0.15) is 0 Å². The number of likely N-dealkylation sites (tertiary alicyclic amines) is 2. The van der Waals surface area contributed by atoms with E-state index in [1.165, 1.54) is 4.90 Å². The van der Waals surface area contributed by atoms with Gasteiger partial charge >= 0.3 is 5.97 Å². The zero-order valence-electron chi connectivity index (χ0n) is 54.3. The van der Waals surface area contributed by atoms with Crippen LogP contribution in [0.25, 0.3) is 10.4 Å². The van der Waals surface area contributed by atoms with Crippen LogP contribution in [0.3, 0.4) is 0 Å². The number of amides is 4. The molecule has 3 N–H and O–H groups in total. The number of aromatic nitrogens is 4. The molecule has 3 fully saturated rings. The van der Waals surface area contributed by atoms with Crippen molar-refractivity contribution in [1.29, 1.82) is 0 Å². The molecule has 4 aromatic carbocycles. The minimum Gasteiger partial charge on any atom is -0.493 e. The van der Waals surface area contributed by atoms with Gasteiger partial charge in [0, 0.05) is 26.1 Å². The molecule has 1 saturated carbocycles. The number of piperidine rings is 1. The number of nitrogens with one attached hydrogen (secondary N) is 2. The lowest BCUT2D eigenvalue weighted by Gasteiger charge is -2.40. The van der Waals surface area contributed by atoms with Crippen LogP contribution < -0.4 is 39.1 Å². The second-order valence-electron chi connectivity index (χ2n) is 24.9. The fourth-order valence-electron chi connectivity index (χ4n) is 12.6. The summed E-state index contributed by atoms with van der Waals surface area (Å²) < 4.78 is 48.5. The normalized spacial score (nSPS) is 17.9. The van der Waals surface area contributed by atoms with Crippen LogP contribution in [0, 0.1) is 18.3 Å². The number of aliphatic hydroxyl groups excluding tert-OH is 1. The summed E-state index contributed by atoms with van der Waals surface area (Å²) in [4.78, 5) is 79.9. The monoisotopic (exact) mass is 1280 g/mol. The number of hydrogen-bond donors (Lipinski definition) is 3. The molecule has 494 valence electrons. The summed E-state index contributed by atoms with van der Waals surface area (Å²) in [6.07, 6.45) is 7.86. The summed E-state index contributed by atoms with van der Waals surface area (Å²) in [6, 6.07) is 21.9. The number of thiazole rings is 1. The summed E-state index contributed by atoms with van der Waals surface area (Å²) >= 11 is 1.56. The van der Waals surface area contributed by atoms with Gasteiger partial charge < -0.3 is 63.4 Å². The molecule has 23 heteroatoms. The van der Waals surface area contributed by atoms with Crippen molar-refractivity contribution in [2.24, 2.45) is 11.3 Å². The number of hydrogen-bond acceptors (Lipinski definition) is 18. The number of methoxy groups -OCH3 is 5. The number of aryl methyl sites for hydroxylation is 2. The maximum Gasteiger partial charge on any atom is 0.329 e. The molecule has 1 aliphatic carbocycles. The van der Waals surface area contributed by atoms with Crippen molar-refractivity contribution in [3.8, 4) is 44.9 Å². The molecular formula is C69H88N8O14S. The Hall–Kier alpha value is -8.28. The zero-order chi connectivity index (χ0) is 65.5. The Balaban J connectivity index is 0.809. The molecule has 4 heterocycles. The van der Waals surface area contributed by atoms with E-state index in [1.807, 2.05) is 107 Å². The maximum absolute atomic E-state index is 15.3. The largest absolute Gasteiger partial charge is 0.493 e. The Morgan fingerprint density at radius 3 is 2.16 bits per heavy atom. The number of β-amino-alcohol motifs (C(OH)–C–C–N with tert-alkyl or cyclic N) is 1. The minimum absolute atomic E-state index is 0.0469. The van der Waals surface area contributed by atoms with Crippen LogP contribution in [0.2, 0.25) is 0 Å². The molecule has 2 aromatic heterocycles. The molecule has 2 saturated heterocycles. The number of ether oxygens (including phenoxy) is 8. The summed E-state index contributed by atoms with van der Waals surface area (Å²) in [6.45, 7) is 8.05. The van der Waals surface area contributed by atoms with Gasteiger partial charge in [-0.25, -0.2) is 14.5 Å². The van der Waals surface area contributed by atoms with Crippen molar-refractivity contribution in [2.75, 3.05) is 61.9 Å². The third-order valence-electron chi connectivity index (χ3n) is 17.5. The highest BCUT2D eigenvalue weighted by Crippen LogP contribution is 2.46. The molecule has 3 aliphatic rings. The average molecular weight is 1290 g/mol. The maximum atomic E-state index is 15.3. The molecule has 0 spiro atoms. The van der Waals surface area contributed by atoms with Crippen molar-refractivity contribution >= 4 is 40.9 Å². The van der Waals surface area contributed by atoms with E-state index >= 15 is 4.79 Å². The lowest BCUT2D eigenvalue weighted by atomic mass is 9.75. The molecule has 4 amide bonds. The Morgan fingerprint density at radius 1 is 0.761 bits per heavy atom. The number of benzene rings is 4. The van der Waals surface area contributed by atoms with Crippen LogP contribution in [-0.2, 0) is 59.6 Å². The number of carbonyl (C=O) groups is 5. The van der Waals surface area contributed by atoms with Crippen molar-refractivity contribution in [3.63, 3.8) is 0 Å². The van der Waals surface area contributed by atoms with Gasteiger partial charge in [-0.15, -0.1) is 16.4 Å². The SMILES string of the molecule is COc1ccc(CCC(OC(=O)C2CCCCN2C(=O)C(c2cc(OC)c(OC)c(OC)c2)C2CCCCC2)c2cccc(OCc3cn(CCOCC(=O)NC(C(=O)N4C[C@H](O)C[C@H]4C(=O)NCc4ccc(-c5scnc5C)cc4)C(C)(C)C)nn3)c2)cc1OC. The molecule has 0 bridgehead atoms. The van der Waals surface area contributed by atoms with E-state index in [0.29, 0.717) is 71.6 Å². The topological polar surface area (TPSA) is 254 Å². The Labute approximate surface area is 542 Å². The van der Waals surface area contributed by atoms with E-state index in [2.05, 4.69) is 25.9 Å². The zero-order valence-corrected chi connectivity index (χ0v) is 55.1. The summed E-state index contributed by atoms with van der Waals surface area (Å²) in [5.41, 5.74) is 6.83. The highest BCUT2D eigenvalue weighted by Gasteiger charge is 2.45. The average Bonchev–Trinajstić information content (AvgIpc) is 1.53. The van der Waals surface area contributed by atoms with Crippen LogP contribution in [-0.4, -0.2) is 151 Å². The number of carbonyl (C=O) groups excluding carboxylic acids is 5. The van der Waals surface area contributed by atoms with Gasteiger partial charge in [0.15, 0.2) is 23.0 Å². The van der Waals surface area contributed by atoms with Gasteiger partial charge in [-0.3, -0.25) is 19.2 Å². The van der Waals surface area contributed by atoms with Crippen molar-refractivity contribution in [1.82, 2.24) is 40.4 Å². The predicted molar refractivity (Wildman–Crippen MR) is 345 cm³/mol. The lowest BCUT2D eigenvalue weighted by molar-refractivity contribution is -0.163. The quantitative estimate of drug-likeness (QED) is 0.0306. The first-order valence-corrected chi connectivity index (χ1v) is 32.5. The van der Waals surface area contributed by atoms with Crippen molar-refractivity contribution < 1.29 is 67.0 Å². The van der Waals surface area contributed by atoms with Gasteiger partial charge in [0.05, 0.1) is 83.0 Å². The minimum atomic E-state index is -1.03. The van der Waals surface area contributed by atoms with Crippen LogP contribution in [0.5, 0.6) is 34.5 Å². The number of esters is 1. The van der Waals surface area contributed by atoms with Gasteiger partial charge in [-0.05, 0) is 127 Å². The first kappa shape index (κ1) is 68.1. The first-order valence-electron chi connectivity index (χ1n) is 31.7. The van der Waals surface area contributed by atoms with E-state index in [9.17, 15) is 24.3 Å². The molecule has 9 rings (SSSR count). The van der Waals surface area contributed by atoms with E-state index in [0.717, 1.165) is 77.8 Å². The van der Waals surface area contributed by atoms with Crippen molar-refractivity contribution in [2.45, 2.75) is 154 Å². The highest BCUT2D eigenvalue weighted by atomic mass is 32.1. The summed E-state index contributed by atoms with van der Waals surface area (Å²) in [5, 5.41) is 25.0. The van der Waals surface area contributed by atoms with Crippen LogP contribution >= 0.6 is 11.3 Å². The highest BCUT2D eigenvalue weighted by molar-refractivity contribution is 7.13. The van der Waals surface area contributed by atoms with E-state index in [1.54, 1.807) is 68.2 Å². The fourth-order valence-corrected chi connectivity index (χ4v) is 13.4. The van der Waals surface area contributed by atoms with E-state index in [-0.39, 0.29) is 57.7 Å². The van der Waals surface area contributed by atoms with Crippen molar-refractivity contribution in [3.05, 3.63) is 124 Å². The molecule has 4 unspecified atom stereocenters. The Morgan fingerprint density at radius 2 is 1.48 bits per heavy atom. The van der Waals surface area contributed by atoms with E-state index in [4.69, 9.17) is 37.9 Å². The second-order valence-corrected chi connectivity index (χ2v) is 25.7. The molecule has 0 radical (unpaired) electrons. The third kappa shape index (κ3) is 17.0. The molecule has 22 nitrogen and oxygen atoms in total. The van der Waals surface area contributed by atoms with Gasteiger partial charge in [-0.1, -0.05) is 87.7 Å². The fraction of sp³-hybridized carbons (Fsp3) is 0.507. The number of aliphatic hydroxyl groups is 1. The first-order chi connectivity index (χ1) is 44.4. The number of rotatable bonds is 28. The molecule has 2 aliphatic heterocycles. The van der Waals surface area contributed by atoms with Crippen LogP contribution in [0.15, 0.2) is 90.6 Å². The lowest BCUT2D eigenvalue weighted by Crippen LogP contribution is -2.58. The number of nitrogens with zero attached hydrogens (tertiary/aromatic N) is 6. The third-order valence-corrected chi connectivity index (χ3v) is 18.5. The van der Waals surface area contributed by atoms with Gasteiger partial charge in [0.1, 0.15) is 48.9 Å². The molecule has 92 heavy (non-hydrogen) atoms. The van der Waals surface area contributed by atoms with E-state index < -0.39 is 65.4 Å². The molecular weight excluding hydrogens is 1200 g/mol. The smallest absolute Gasteiger partial charge is 0.329 e. The second kappa shape index (κ2) is 31.8. The molecule has 6 aromatic rings. The predicted octanol–water partition coefficient (Wildman–Crippen LogP) is 9.12. The van der Waals surface area contributed by atoms with Crippen LogP contribution in [0.1, 0.15) is 131 Å². The summed E-state index contributed by atoms with van der Waals surface area (Å²) in [5.74, 6) is 0.539. The van der Waals surface area contributed by atoms with Gasteiger partial charge in [0.25, 0.3) is 0 Å². The molecule has 6 atom stereocenters. The van der Waals surface area contributed by atoms with Gasteiger partial charge in [0.2, 0.25) is 29.4 Å². The Bertz CT molecular complexity index is 3450. The Kier molecular flexibility index (Phi) is 23.6.